The van der Waals surface area contributed by atoms with Gasteiger partial charge in [-0.3, -0.25) is 9.59 Å². The van der Waals surface area contributed by atoms with Crippen LogP contribution in [-0.2, 0) is 23.8 Å². The molecule has 0 radical (unpaired) electrons. The molecule has 0 spiro atoms. The van der Waals surface area contributed by atoms with Crippen LogP contribution in [0.3, 0.4) is 0 Å². The van der Waals surface area contributed by atoms with Gasteiger partial charge < -0.3 is 45.1 Å². The van der Waals surface area contributed by atoms with Gasteiger partial charge in [-0.15, -0.1) is 0 Å². The monoisotopic (exact) mass is 918 g/mol. The minimum atomic E-state index is -1.63. The molecule has 1 aliphatic heterocycles. The van der Waals surface area contributed by atoms with Crippen molar-refractivity contribution >= 4 is 11.9 Å². The number of ether oxygens (including phenoxy) is 3. The van der Waals surface area contributed by atoms with E-state index in [0.29, 0.717) is 12.8 Å². The first-order valence-corrected chi connectivity index (χ1v) is 26.1. The molecule has 1 saturated heterocycles. The molecule has 376 valence electrons. The summed E-state index contributed by atoms with van der Waals surface area (Å²) >= 11 is 0. The Morgan fingerprint density at radius 2 is 1.11 bits per heavy atom. The molecule has 1 rings (SSSR count). The Morgan fingerprint density at radius 3 is 1.66 bits per heavy atom. The maximum absolute atomic E-state index is 13.3. The molecule has 0 bridgehead atoms. The first kappa shape index (κ1) is 60.4. The van der Waals surface area contributed by atoms with Crippen molar-refractivity contribution in [1.82, 2.24) is 5.32 Å². The lowest BCUT2D eigenvalue weighted by Gasteiger charge is -2.41. The van der Waals surface area contributed by atoms with Gasteiger partial charge in [0, 0.05) is 6.42 Å². The number of hydrogen-bond donors (Lipinski definition) is 6. The van der Waals surface area contributed by atoms with Crippen LogP contribution in [0.4, 0.5) is 0 Å². The van der Waals surface area contributed by atoms with Crippen molar-refractivity contribution < 1.29 is 49.3 Å². The van der Waals surface area contributed by atoms with Gasteiger partial charge in [0.15, 0.2) is 12.4 Å². The smallest absolute Gasteiger partial charge is 0.306 e. The highest BCUT2D eigenvalue weighted by atomic mass is 16.7. The molecule has 6 N–H and O–H groups in total. The Morgan fingerprint density at radius 1 is 0.615 bits per heavy atom. The van der Waals surface area contributed by atoms with E-state index < -0.39 is 67.4 Å². The van der Waals surface area contributed by atoms with Gasteiger partial charge in [-0.25, -0.2) is 0 Å². The number of hydrogen-bond acceptors (Lipinski definition) is 10. The number of esters is 1. The number of aliphatic hydroxyl groups is 5. The van der Waals surface area contributed by atoms with Gasteiger partial charge >= 0.3 is 5.97 Å². The second-order valence-corrected chi connectivity index (χ2v) is 18.0. The van der Waals surface area contributed by atoms with Crippen LogP contribution in [-0.4, -0.2) is 99.6 Å². The van der Waals surface area contributed by atoms with Crippen LogP contribution in [0.2, 0.25) is 0 Å². The summed E-state index contributed by atoms with van der Waals surface area (Å²) in [6.45, 7) is 5.57. The molecule has 8 atom stereocenters. The summed E-state index contributed by atoms with van der Waals surface area (Å²) in [4.78, 5) is 26.3. The van der Waals surface area contributed by atoms with Crippen LogP contribution in [0, 0.1) is 0 Å². The molecule has 0 aromatic rings. The predicted octanol–water partition coefficient (Wildman–Crippen LogP) is 10.7. The molecule has 11 heteroatoms. The fraction of sp³-hybridized carbons (Fsp3) is 0.778. The Hall–Kier alpha value is -2.64. The van der Waals surface area contributed by atoms with Crippen molar-refractivity contribution in [3.05, 3.63) is 60.8 Å². The summed E-state index contributed by atoms with van der Waals surface area (Å²) in [5, 5.41) is 56.5. The highest BCUT2D eigenvalue weighted by Gasteiger charge is 2.47. The van der Waals surface area contributed by atoms with Gasteiger partial charge in [0.2, 0.25) is 5.91 Å². The van der Waals surface area contributed by atoms with Crippen LogP contribution in [0.25, 0.3) is 0 Å². The van der Waals surface area contributed by atoms with E-state index in [4.69, 9.17) is 14.2 Å². The zero-order valence-corrected chi connectivity index (χ0v) is 41.1. The number of aliphatic hydroxyl groups excluding tert-OH is 5. The van der Waals surface area contributed by atoms with Crippen LogP contribution in [0.5, 0.6) is 0 Å². The molecule has 0 aliphatic carbocycles. The van der Waals surface area contributed by atoms with Gasteiger partial charge in [0.05, 0.1) is 25.4 Å². The third kappa shape index (κ3) is 31.9. The first-order chi connectivity index (χ1) is 31.7. The number of carbonyl (C=O) groups excluding carboxylic acids is 2. The number of amides is 1. The fourth-order valence-corrected chi connectivity index (χ4v) is 7.84. The Kier molecular flexibility index (Phi) is 39.7. The topological polar surface area (TPSA) is 175 Å². The number of allylic oxidation sites excluding steroid dienone is 9. The lowest BCUT2D eigenvalue weighted by Crippen LogP contribution is -2.61. The van der Waals surface area contributed by atoms with E-state index in [2.05, 4.69) is 38.2 Å². The van der Waals surface area contributed by atoms with Crippen LogP contribution in [0.15, 0.2) is 60.8 Å². The number of unbranched alkanes of at least 4 members (excludes halogenated alkanes) is 23. The third-order valence-corrected chi connectivity index (χ3v) is 12.0. The largest absolute Gasteiger partial charge is 0.454 e. The third-order valence-electron chi connectivity index (χ3n) is 12.0. The van der Waals surface area contributed by atoms with Crippen LogP contribution < -0.4 is 5.32 Å². The standard InChI is InChI=1S/C54H95NO10/c1-4-7-10-13-16-19-22-24-26-29-31-34-37-40-46(57)45(55-53(62)47(58)41-38-35-32-28-21-18-15-12-9-6-3)44-63-54-52(51(61)50(60)48(43-56)64-54)65-49(59)42-39-36-33-30-27-25-23-20-17-14-11-8-5-2/h8,11,14,17,20,23,25,27,37,40,45-48,50-52,54,56-58,60-61H,4-7,9-10,12-13,15-16,18-19,21-22,24,26,28-36,38-39,41-44H2,1-3H3,(H,55,62)/b11-8+,17-14+,23-20-,27-25-,40-37+. The lowest BCUT2D eigenvalue weighted by atomic mass is 9.99. The van der Waals surface area contributed by atoms with E-state index in [-0.39, 0.29) is 19.4 Å². The molecule has 8 unspecified atom stereocenters. The Balaban J connectivity index is 2.82. The Labute approximate surface area is 395 Å². The van der Waals surface area contributed by atoms with Crippen molar-refractivity contribution in [2.75, 3.05) is 13.2 Å². The summed E-state index contributed by atoms with van der Waals surface area (Å²) in [6, 6.07) is -1.03. The SMILES string of the molecule is CC/C=C/C=C/C=C\C=C/CCCCCC(=O)OC1C(OCC(NC(=O)C(O)CCCCCCCCCCCC)C(O)/C=C/CCCCCCCCCCCCC)OC(CO)C(O)C1O. The zero-order valence-electron chi connectivity index (χ0n) is 41.1. The second-order valence-electron chi connectivity index (χ2n) is 18.0. The summed E-state index contributed by atoms with van der Waals surface area (Å²) in [5.41, 5.74) is 0. The molecular formula is C54H95NO10. The molecule has 11 nitrogen and oxygen atoms in total. The quantitative estimate of drug-likeness (QED) is 0.0150. The van der Waals surface area contributed by atoms with Gasteiger partial charge in [0.1, 0.15) is 24.4 Å². The van der Waals surface area contributed by atoms with Crippen molar-refractivity contribution in [2.24, 2.45) is 0 Å². The van der Waals surface area contributed by atoms with Crippen LogP contribution >= 0.6 is 0 Å². The molecule has 1 amide bonds. The molecule has 1 aliphatic rings. The molecule has 0 aromatic carbocycles. The van der Waals surface area contributed by atoms with E-state index in [1.807, 2.05) is 42.5 Å². The van der Waals surface area contributed by atoms with Crippen LogP contribution in [0.1, 0.15) is 207 Å². The van der Waals surface area contributed by atoms with Crippen molar-refractivity contribution in [2.45, 2.75) is 256 Å². The number of nitrogens with one attached hydrogen (secondary N) is 1. The molecule has 65 heavy (non-hydrogen) atoms. The maximum atomic E-state index is 13.3. The normalized spacial score (nSPS) is 20.8. The molecule has 0 saturated carbocycles. The molecule has 1 fully saturated rings. The maximum Gasteiger partial charge on any atom is 0.306 e. The lowest BCUT2D eigenvalue weighted by molar-refractivity contribution is -0.305. The minimum absolute atomic E-state index is 0.0768. The van der Waals surface area contributed by atoms with Gasteiger partial charge in [-0.2, -0.15) is 0 Å². The average Bonchev–Trinajstić information content (AvgIpc) is 3.30. The number of carbonyl (C=O) groups is 2. The van der Waals surface area contributed by atoms with E-state index >= 15 is 0 Å². The highest BCUT2D eigenvalue weighted by molar-refractivity contribution is 5.80. The second kappa shape index (κ2) is 42.7. The summed E-state index contributed by atoms with van der Waals surface area (Å²) in [5.74, 6) is -1.24. The molecule has 0 aromatic heterocycles. The van der Waals surface area contributed by atoms with Crippen molar-refractivity contribution in [3.8, 4) is 0 Å². The summed E-state index contributed by atoms with van der Waals surface area (Å²) in [7, 11) is 0. The van der Waals surface area contributed by atoms with Crippen molar-refractivity contribution in [3.63, 3.8) is 0 Å². The minimum Gasteiger partial charge on any atom is -0.454 e. The van der Waals surface area contributed by atoms with Crippen molar-refractivity contribution in [1.29, 1.82) is 0 Å². The van der Waals surface area contributed by atoms with Gasteiger partial charge in [0.25, 0.3) is 0 Å². The van der Waals surface area contributed by atoms with Gasteiger partial charge in [-0.05, 0) is 44.9 Å². The Bertz CT molecular complexity index is 1280. The fourth-order valence-electron chi connectivity index (χ4n) is 7.84. The predicted molar refractivity (Wildman–Crippen MR) is 264 cm³/mol. The van der Waals surface area contributed by atoms with E-state index in [9.17, 15) is 35.1 Å². The molecular weight excluding hydrogens is 823 g/mol. The average molecular weight is 918 g/mol. The van der Waals surface area contributed by atoms with E-state index in [1.165, 1.54) is 96.3 Å². The summed E-state index contributed by atoms with van der Waals surface area (Å²) < 4.78 is 17.5. The zero-order chi connectivity index (χ0) is 47.6. The van der Waals surface area contributed by atoms with E-state index in [1.54, 1.807) is 6.08 Å². The highest BCUT2D eigenvalue weighted by Crippen LogP contribution is 2.26. The van der Waals surface area contributed by atoms with Gasteiger partial charge in [-0.1, -0.05) is 216 Å². The van der Waals surface area contributed by atoms with E-state index in [0.717, 1.165) is 64.2 Å². The summed E-state index contributed by atoms with van der Waals surface area (Å²) in [6.07, 6.45) is 39.9. The first-order valence-electron chi connectivity index (χ1n) is 26.1. The number of rotatable bonds is 42. The molecule has 1 heterocycles.